The molecule has 0 radical (unpaired) electrons. The SMILES string of the molecule is Cc1nn(-c2ccccc2)c(Cl)c1C(=O)O[C@H](C)C(=O)c1cccc(Cl)c1. The van der Waals surface area contributed by atoms with E-state index in [0.29, 0.717) is 22.0 Å². The van der Waals surface area contributed by atoms with E-state index in [4.69, 9.17) is 27.9 Å². The Balaban J connectivity index is 1.82. The highest BCUT2D eigenvalue weighted by Gasteiger charge is 2.26. The van der Waals surface area contributed by atoms with Crippen LogP contribution in [0.4, 0.5) is 0 Å². The highest BCUT2D eigenvalue weighted by molar-refractivity contribution is 6.33. The summed E-state index contributed by atoms with van der Waals surface area (Å²) in [6.45, 7) is 3.16. The summed E-state index contributed by atoms with van der Waals surface area (Å²) in [4.78, 5) is 25.1. The number of aromatic nitrogens is 2. The van der Waals surface area contributed by atoms with E-state index in [-0.39, 0.29) is 16.5 Å². The Bertz CT molecular complexity index is 1000. The van der Waals surface area contributed by atoms with Gasteiger partial charge >= 0.3 is 5.97 Å². The van der Waals surface area contributed by atoms with Gasteiger partial charge in [-0.1, -0.05) is 53.5 Å². The first-order valence-corrected chi connectivity index (χ1v) is 8.95. The van der Waals surface area contributed by atoms with E-state index >= 15 is 0 Å². The first kappa shape index (κ1) is 19.1. The van der Waals surface area contributed by atoms with Gasteiger partial charge in [-0.15, -0.1) is 0 Å². The first-order chi connectivity index (χ1) is 12.9. The van der Waals surface area contributed by atoms with Crippen LogP contribution in [-0.2, 0) is 4.74 Å². The van der Waals surface area contributed by atoms with Crippen molar-refractivity contribution in [1.29, 1.82) is 0 Å². The maximum Gasteiger partial charge on any atom is 0.343 e. The normalized spacial score (nSPS) is 11.9. The number of benzene rings is 2. The molecule has 0 N–H and O–H groups in total. The Morgan fingerprint density at radius 2 is 1.78 bits per heavy atom. The maximum absolute atomic E-state index is 12.6. The Morgan fingerprint density at radius 3 is 2.44 bits per heavy atom. The Labute approximate surface area is 166 Å². The zero-order chi connectivity index (χ0) is 19.6. The molecule has 1 atom stereocenters. The molecule has 1 heterocycles. The number of rotatable bonds is 5. The summed E-state index contributed by atoms with van der Waals surface area (Å²) in [6, 6.07) is 15.7. The van der Waals surface area contributed by atoms with Crippen LogP contribution in [-0.4, -0.2) is 27.6 Å². The standard InChI is InChI=1S/C20H16Cl2N2O3/c1-12-17(19(22)24(23-12)16-9-4-3-5-10-16)20(26)27-13(2)18(25)14-7-6-8-15(21)11-14/h3-11,13H,1-2H3/t13-/m1/s1. The molecule has 138 valence electrons. The molecular weight excluding hydrogens is 387 g/mol. The van der Waals surface area contributed by atoms with Crippen molar-refractivity contribution in [3.05, 3.63) is 81.6 Å². The van der Waals surface area contributed by atoms with Gasteiger partial charge in [-0.25, -0.2) is 9.48 Å². The fraction of sp³-hybridized carbons (Fsp3) is 0.150. The van der Waals surface area contributed by atoms with Crippen LogP contribution in [0.2, 0.25) is 10.2 Å². The number of para-hydroxylation sites is 1. The fourth-order valence-corrected chi connectivity index (χ4v) is 3.16. The van der Waals surface area contributed by atoms with Gasteiger partial charge in [0.1, 0.15) is 10.7 Å². The monoisotopic (exact) mass is 402 g/mol. The van der Waals surface area contributed by atoms with E-state index in [2.05, 4.69) is 5.10 Å². The number of hydrogen-bond acceptors (Lipinski definition) is 4. The molecule has 1 aromatic heterocycles. The highest BCUT2D eigenvalue weighted by atomic mass is 35.5. The highest BCUT2D eigenvalue weighted by Crippen LogP contribution is 2.25. The molecule has 3 rings (SSSR count). The molecule has 7 heteroatoms. The van der Waals surface area contributed by atoms with Gasteiger partial charge in [-0.2, -0.15) is 5.10 Å². The van der Waals surface area contributed by atoms with Gasteiger partial charge in [0.05, 0.1) is 11.4 Å². The minimum atomic E-state index is -0.994. The molecule has 0 aliphatic rings. The topological polar surface area (TPSA) is 61.2 Å². The number of halogens is 2. The summed E-state index contributed by atoms with van der Waals surface area (Å²) in [5.74, 6) is -1.06. The molecule has 2 aromatic carbocycles. The Kier molecular flexibility index (Phi) is 5.63. The van der Waals surface area contributed by atoms with Crippen molar-refractivity contribution < 1.29 is 14.3 Å². The third-order valence-corrected chi connectivity index (χ3v) is 4.56. The van der Waals surface area contributed by atoms with Gasteiger partial charge in [0.15, 0.2) is 6.10 Å². The number of hydrogen-bond donors (Lipinski definition) is 0. The minimum Gasteiger partial charge on any atom is -0.451 e. The summed E-state index contributed by atoms with van der Waals surface area (Å²) < 4.78 is 6.79. The van der Waals surface area contributed by atoms with Gasteiger partial charge < -0.3 is 4.74 Å². The van der Waals surface area contributed by atoms with Crippen LogP contribution in [0.1, 0.15) is 33.3 Å². The van der Waals surface area contributed by atoms with Crippen LogP contribution in [0.25, 0.3) is 5.69 Å². The lowest BCUT2D eigenvalue weighted by Gasteiger charge is -2.12. The first-order valence-electron chi connectivity index (χ1n) is 8.19. The molecule has 27 heavy (non-hydrogen) atoms. The third kappa shape index (κ3) is 4.04. The van der Waals surface area contributed by atoms with E-state index < -0.39 is 12.1 Å². The molecule has 0 fully saturated rings. The van der Waals surface area contributed by atoms with Crippen LogP contribution < -0.4 is 0 Å². The van der Waals surface area contributed by atoms with Crippen molar-refractivity contribution in [2.75, 3.05) is 0 Å². The van der Waals surface area contributed by atoms with Gasteiger partial charge in [-0.05, 0) is 38.1 Å². The van der Waals surface area contributed by atoms with Crippen molar-refractivity contribution in [1.82, 2.24) is 9.78 Å². The maximum atomic E-state index is 12.6. The van der Waals surface area contributed by atoms with E-state index in [1.54, 1.807) is 25.1 Å². The van der Waals surface area contributed by atoms with Crippen LogP contribution in [0.15, 0.2) is 54.6 Å². The van der Waals surface area contributed by atoms with E-state index in [0.717, 1.165) is 0 Å². The van der Waals surface area contributed by atoms with Crippen LogP contribution in [0, 0.1) is 6.92 Å². The molecule has 0 amide bonds. The molecular formula is C20H16Cl2N2O3. The van der Waals surface area contributed by atoms with Gasteiger partial charge in [-0.3, -0.25) is 4.79 Å². The molecule has 0 saturated carbocycles. The predicted octanol–water partition coefficient (Wildman–Crippen LogP) is 4.92. The lowest BCUT2D eigenvalue weighted by molar-refractivity contribution is 0.0318. The molecule has 5 nitrogen and oxygen atoms in total. The van der Waals surface area contributed by atoms with Crippen molar-refractivity contribution in [3.8, 4) is 5.69 Å². The lowest BCUT2D eigenvalue weighted by atomic mass is 10.1. The van der Waals surface area contributed by atoms with Crippen LogP contribution >= 0.6 is 23.2 Å². The second-order valence-electron chi connectivity index (χ2n) is 5.92. The summed E-state index contributed by atoms with van der Waals surface area (Å²) in [6.07, 6.45) is -0.994. The number of ether oxygens (including phenoxy) is 1. The second-order valence-corrected chi connectivity index (χ2v) is 6.72. The van der Waals surface area contributed by atoms with E-state index in [1.807, 2.05) is 30.3 Å². The molecule has 0 unspecified atom stereocenters. The smallest absolute Gasteiger partial charge is 0.343 e. The fourth-order valence-electron chi connectivity index (χ4n) is 2.62. The van der Waals surface area contributed by atoms with Crippen molar-refractivity contribution in [2.45, 2.75) is 20.0 Å². The summed E-state index contributed by atoms with van der Waals surface area (Å²) in [7, 11) is 0. The molecule has 0 saturated heterocycles. The largest absolute Gasteiger partial charge is 0.451 e. The number of aryl methyl sites for hydroxylation is 1. The zero-order valence-corrected chi connectivity index (χ0v) is 16.2. The summed E-state index contributed by atoms with van der Waals surface area (Å²) >= 11 is 12.3. The van der Waals surface area contributed by atoms with Crippen molar-refractivity contribution in [3.63, 3.8) is 0 Å². The molecule has 0 bridgehead atoms. The van der Waals surface area contributed by atoms with Crippen molar-refractivity contribution >= 4 is 35.0 Å². The summed E-state index contributed by atoms with van der Waals surface area (Å²) in [5.41, 5.74) is 1.63. The lowest BCUT2D eigenvalue weighted by Crippen LogP contribution is -2.24. The number of esters is 1. The number of carbonyl (C=O) groups is 2. The van der Waals surface area contributed by atoms with Gasteiger partial charge in [0.25, 0.3) is 0 Å². The predicted molar refractivity (Wildman–Crippen MR) is 104 cm³/mol. The quantitative estimate of drug-likeness (QED) is 0.448. The van der Waals surface area contributed by atoms with Crippen LogP contribution in [0.3, 0.4) is 0 Å². The second kappa shape index (κ2) is 7.94. The molecule has 0 aliphatic heterocycles. The van der Waals surface area contributed by atoms with E-state index in [9.17, 15) is 9.59 Å². The number of Topliss-reactive ketones (excluding diaryl/α,β-unsaturated/α-hetero) is 1. The third-order valence-electron chi connectivity index (χ3n) is 3.97. The Hall–Kier alpha value is -2.63. The average molecular weight is 403 g/mol. The molecule has 0 spiro atoms. The molecule has 3 aromatic rings. The van der Waals surface area contributed by atoms with Crippen LogP contribution in [0.5, 0.6) is 0 Å². The zero-order valence-electron chi connectivity index (χ0n) is 14.6. The Morgan fingerprint density at radius 1 is 1.07 bits per heavy atom. The number of nitrogens with zero attached hydrogens (tertiary/aromatic N) is 2. The van der Waals surface area contributed by atoms with Gasteiger partial charge in [0, 0.05) is 10.6 Å². The average Bonchev–Trinajstić information content (AvgIpc) is 2.96. The van der Waals surface area contributed by atoms with E-state index in [1.165, 1.54) is 17.7 Å². The molecule has 0 aliphatic carbocycles. The number of ketones is 1. The van der Waals surface area contributed by atoms with Gasteiger partial charge in [0.2, 0.25) is 5.78 Å². The number of carbonyl (C=O) groups excluding carboxylic acids is 2. The van der Waals surface area contributed by atoms with Crippen molar-refractivity contribution in [2.24, 2.45) is 0 Å². The minimum absolute atomic E-state index is 0.131. The summed E-state index contributed by atoms with van der Waals surface area (Å²) in [5, 5.41) is 4.87.